The Morgan fingerprint density at radius 1 is 0.842 bits per heavy atom. The van der Waals surface area contributed by atoms with Crippen LogP contribution in [0.2, 0.25) is 10.6 Å². The van der Waals surface area contributed by atoms with Gasteiger partial charge < -0.3 is 10.4 Å². The number of hydrogen-bond acceptors (Lipinski definition) is 9. The summed E-state index contributed by atoms with van der Waals surface area (Å²) in [5, 5.41) is 24.2. The summed E-state index contributed by atoms with van der Waals surface area (Å²) in [4.78, 5) is 11.3. The Morgan fingerprint density at radius 2 is 1.55 bits per heavy atom. The Balaban J connectivity index is 1.55. The molecule has 0 spiro atoms. The Morgan fingerprint density at radius 3 is 2.26 bits per heavy atom. The molecule has 5 aromatic rings. The molecule has 13 heteroatoms. The summed E-state index contributed by atoms with van der Waals surface area (Å²) >= 11 is 11.7. The largest absolute Gasteiger partial charge is 0.505 e. The highest BCUT2D eigenvalue weighted by atomic mass is 35.5. The quantitative estimate of drug-likeness (QED) is 0.148. The lowest BCUT2D eigenvalue weighted by atomic mass is 10.0. The normalized spacial score (nSPS) is 12.0. The number of anilines is 2. The highest BCUT2D eigenvalue weighted by molar-refractivity contribution is 7.86. The second-order valence-electron chi connectivity index (χ2n) is 8.46. The first kappa shape index (κ1) is 25.7. The van der Waals surface area contributed by atoms with Crippen LogP contribution in [0.1, 0.15) is 11.1 Å². The third-order valence-electron chi connectivity index (χ3n) is 5.73. The zero-order valence-electron chi connectivity index (χ0n) is 19.8. The van der Waals surface area contributed by atoms with Gasteiger partial charge in [0.15, 0.2) is 5.75 Å². The molecule has 0 saturated heterocycles. The molecule has 5 rings (SSSR count). The minimum Gasteiger partial charge on any atom is -0.505 e. The summed E-state index contributed by atoms with van der Waals surface area (Å²) in [7, 11) is -4.62. The number of benzene rings is 4. The number of halogens is 2. The molecule has 0 amide bonds. The molecular formula is C25H18Cl2N6O4S. The van der Waals surface area contributed by atoms with Crippen LogP contribution in [-0.2, 0) is 10.1 Å². The molecule has 0 fully saturated rings. The molecule has 0 unspecified atom stereocenters. The van der Waals surface area contributed by atoms with E-state index in [2.05, 4.69) is 30.5 Å². The lowest BCUT2D eigenvalue weighted by Crippen LogP contribution is -2.00. The average molecular weight is 569 g/mol. The van der Waals surface area contributed by atoms with E-state index in [4.69, 9.17) is 23.2 Å². The highest BCUT2D eigenvalue weighted by Gasteiger charge is 2.20. The van der Waals surface area contributed by atoms with Gasteiger partial charge in [-0.25, -0.2) is 0 Å². The Kier molecular flexibility index (Phi) is 6.61. The van der Waals surface area contributed by atoms with E-state index >= 15 is 0 Å². The third-order valence-corrected chi connectivity index (χ3v) is 7.02. The van der Waals surface area contributed by atoms with E-state index < -0.39 is 10.1 Å². The smallest absolute Gasteiger partial charge is 0.297 e. The standard InChI is InChI=1S/C25H18Cl2N6O4S/c1-12-3-6-18-14(9-12)4-8-19(22(18)38(35,36)37)32-33-20-13(2)10-15-11-16(5-7-17(15)21(20)34)28-25-30-23(26)29-24(27)31-25/h3-11,34H,1-2H3,(H,35,36,37)(H,28,29,30,31). The lowest BCUT2D eigenvalue weighted by Gasteiger charge is -2.11. The number of aromatic nitrogens is 3. The van der Waals surface area contributed by atoms with Gasteiger partial charge >= 0.3 is 0 Å². The highest BCUT2D eigenvalue weighted by Crippen LogP contribution is 2.41. The van der Waals surface area contributed by atoms with E-state index in [0.29, 0.717) is 32.8 Å². The number of nitrogens with zero attached hydrogens (tertiary/aromatic N) is 5. The zero-order valence-corrected chi connectivity index (χ0v) is 22.1. The predicted molar refractivity (Wildman–Crippen MR) is 146 cm³/mol. The van der Waals surface area contributed by atoms with E-state index in [-0.39, 0.29) is 38.5 Å². The number of phenolic OH excluding ortho intramolecular Hbond substituents is 1. The first-order valence-electron chi connectivity index (χ1n) is 11.0. The lowest BCUT2D eigenvalue weighted by molar-refractivity contribution is 0.482. The molecule has 10 nitrogen and oxygen atoms in total. The Labute approximate surface area is 226 Å². The number of aryl methyl sites for hydroxylation is 2. The van der Waals surface area contributed by atoms with Crippen molar-refractivity contribution < 1.29 is 18.1 Å². The van der Waals surface area contributed by atoms with Gasteiger partial charge in [-0.15, -0.1) is 10.2 Å². The summed E-state index contributed by atoms with van der Waals surface area (Å²) < 4.78 is 34.4. The van der Waals surface area contributed by atoms with Crippen molar-refractivity contribution in [2.75, 3.05) is 5.32 Å². The average Bonchev–Trinajstić information content (AvgIpc) is 2.82. The number of hydrogen-bond donors (Lipinski definition) is 3. The molecule has 4 aromatic carbocycles. The fourth-order valence-electron chi connectivity index (χ4n) is 4.09. The number of phenols is 1. The fourth-order valence-corrected chi connectivity index (χ4v) is 5.29. The van der Waals surface area contributed by atoms with Crippen LogP contribution in [0.15, 0.2) is 69.7 Å². The number of aromatic hydroxyl groups is 1. The number of rotatable bonds is 5. The first-order valence-corrected chi connectivity index (χ1v) is 13.2. The topological polar surface area (TPSA) is 150 Å². The molecule has 38 heavy (non-hydrogen) atoms. The fraction of sp³-hybridized carbons (Fsp3) is 0.0800. The van der Waals surface area contributed by atoms with Crippen molar-refractivity contribution in [1.82, 2.24) is 15.0 Å². The molecule has 192 valence electrons. The van der Waals surface area contributed by atoms with Gasteiger partial charge in [0.05, 0.1) is 0 Å². The van der Waals surface area contributed by atoms with Crippen LogP contribution in [0.4, 0.5) is 23.0 Å². The second kappa shape index (κ2) is 9.76. The molecule has 0 aliphatic rings. The van der Waals surface area contributed by atoms with Crippen molar-refractivity contribution in [2.45, 2.75) is 18.7 Å². The molecule has 3 N–H and O–H groups in total. The maximum Gasteiger partial charge on any atom is 0.297 e. The van der Waals surface area contributed by atoms with E-state index in [1.807, 2.05) is 6.92 Å². The van der Waals surface area contributed by atoms with Crippen molar-refractivity contribution in [3.8, 4) is 5.75 Å². The molecule has 0 saturated carbocycles. The zero-order chi connectivity index (χ0) is 27.2. The van der Waals surface area contributed by atoms with Crippen molar-refractivity contribution in [3.63, 3.8) is 0 Å². The van der Waals surface area contributed by atoms with Gasteiger partial charge in [0.1, 0.15) is 16.3 Å². The minimum absolute atomic E-state index is 0.0584. The van der Waals surface area contributed by atoms with Crippen LogP contribution in [0.25, 0.3) is 21.5 Å². The maximum atomic E-state index is 12.2. The molecule has 1 aromatic heterocycles. The van der Waals surface area contributed by atoms with Crippen LogP contribution >= 0.6 is 23.2 Å². The number of nitrogens with one attached hydrogen (secondary N) is 1. The monoisotopic (exact) mass is 568 g/mol. The van der Waals surface area contributed by atoms with Crippen LogP contribution in [0.5, 0.6) is 5.75 Å². The van der Waals surface area contributed by atoms with Gasteiger partial charge in [0, 0.05) is 16.5 Å². The van der Waals surface area contributed by atoms with Crippen molar-refractivity contribution in [2.24, 2.45) is 10.2 Å². The van der Waals surface area contributed by atoms with Gasteiger partial charge in [-0.3, -0.25) is 4.55 Å². The Hall–Kier alpha value is -3.90. The summed E-state index contributed by atoms with van der Waals surface area (Å²) in [6.07, 6.45) is 0. The second-order valence-corrected chi connectivity index (χ2v) is 10.5. The molecule has 0 bridgehead atoms. The molecule has 0 radical (unpaired) electrons. The van der Waals surface area contributed by atoms with Gasteiger partial charge in [-0.05, 0) is 83.7 Å². The van der Waals surface area contributed by atoms with Crippen LogP contribution in [0, 0.1) is 13.8 Å². The van der Waals surface area contributed by atoms with Gasteiger partial charge in [0.25, 0.3) is 10.1 Å². The minimum atomic E-state index is -4.62. The third kappa shape index (κ3) is 5.09. The predicted octanol–water partition coefficient (Wildman–Crippen LogP) is 7.21. The van der Waals surface area contributed by atoms with Gasteiger partial charge in [0.2, 0.25) is 16.5 Å². The molecule has 0 aliphatic carbocycles. The summed E-state index contributed by atoms with van der Waals surface area (Å²) in [6.45, 7) is 3.61. The van der Waals surface area contributed by atoms with Gasteiger partial charge in [-0.1, -0.05) is 29.8 Å². The molecule has 1 heterocycles. The van der Waals surface area contributed by atoms with E-state index in [0.717, 1.165) is 5.56 Å². The van der Waals surface area contributed by atoms with E-state index in [9.17, 15) is 18.1 Å². The van der Waals surface area contributed by atoms with Crippen LogP contribution in [-0.4, -0.2) is 33.0 Å². The van der Waals surface area contributed by atoms with Crippen molar-refractivity contribution >= 4 is 77.9 Å². The number of fused-ring (bicyclic) bond motifs is 2. The maximum absolute atomic E-state index is 12.2. The Bertz CT molecular complexity index is 1880. The summed E-state index contributed by atoms with van der Waals surface area (Å²) in [6, 6.07) is 15.2. The SMILES string of the molecule is Cc1ccc2c(S(=O)(=O)O)c(N=Nc3c(C)cc4cc(Nc5nc(Cl)nc(Cl)n5)ccc4c3O)ccc2c1. The van der Waals surface area contributed by atoms with Crippen molar-refractivity contribution in [1.29, 1.82) is 0 Å². The van der Waals surface area contributed by atoms with Crippen LogP contribution < -0.4 is 5.32 Å². The van der Waals surface area contributed by atoms with Crippen molar-refractivity contribution in [3.05, 3.63) is 76.3 Å². The van der Waals surface area contributed by atoms with Crippen LogP contribution in [0.3, 0.4) is 0 Å². The summed E-state index contributed by atoms with van der Waals surface area (Å²) in [5.41, 5.74) is 2.21. The van der Waals surface area contributed by atoms with Gasteiger partial charge in [-0.2, -0.15) is 23.4 Å². The van der Waals surface area contributed by atoms with E-state index in [1.165, 1.54) is 6.07 Å². The number of azo groups is 1. The molecule has 0 atom stereocenters. The molecular weight excluding hydrogens is 551 g/mol. The summed E-state index contributed by atoms with van der Waals surface area (Å²) in [5.74, 6) is 0.00673. The first-order chi connectivity index (χ1) is 18.0. The molecule has 0 aliphatic heterocycles. The van der Waals surface area contributed by atoms with E-state index in [1.54, 1.807) is 55.5 Å².